The van der Waals surface area contributed by atoms with Gasteiger partial charge in [0.15, 0.2) is 0 Å². The summed E-state index contributed by atoms with van der Waals surface area (Å²) < 4.78 is 5.30. The van der Waals surface area contributed by atoms with Crippen LogP contribution in [0.1, 0.15) is 35.6 Å². The summed E-state index contributed by atoms with van der Waals surface area (Å²) >= 11 is 1.58. The molecule has 0 radical (unpaired) electrons. The molecule has 1 aromatic carbocycles. The molecule has 1 atom stereocenters. The van der Waals surface area contributed by atoms with Crippen molar-refractivity contribution >= 4 is 17.4 Å². The minimum atomic E-state index is -0.106. The number of fused-ring (bicyclic) bond motifs is 1. The third kappa shape index (κ3) is 4.26. The monoisotopic (exact) mass is 345 g/mol. The molecule has 2 N–H and O–H groups in total. The summed E-state index contributed by atoms with van der Waals surface area (Å²) in [6.45, 7) is 1.27. The van der Waals surface area contributed by atoms with E-state index in [0.717, 1.165) is 37.1 Å². The summed E-state index contributed by atoms with van der Waals surface area (Å²) in [5.74, 6) is 1.28. The number of urea groups is 1. The van der Waals surface area contributed by atoms with Crippen LogP contribution in [0.2, 0.25) is 0 Å². The Morgan fingerprint density at radius 1 is 1.42 bits per heavy atom. The van der Waals surface area contributed by atoms with E-state index in [1.165, 1.54) is 11.1 Å². The van der Waals surface area contributed by atoms with Crippen LogP contribution in [0.5, 0.6) is 5.75 Å². The van der Waals surface area contributed by atoms with E-state index in [2.05, 4.69) is 27.8 Å². The summed E-state index contributed by atoms with van der Waals surface area (Å²) in [7, 11) is 1.69. The summed E-state index contributed by atoms with van der Waals surface area (Å²) in [5.41, 5.74) is 5.52. The number of carbonyl (C=O) groups excluding carboxylic acids is 1. The van der Waals surface area contributed by atoms with E-state index >= 15 is 0 Å². The molecule has 6 heteroatoms. The third-order valence-corrected chi connectivity index (χ3v) is 5.08. The number of nitrogens with zero attached hydrogens (tertiary/aromatic N) is 1. The Morgan fingerprint density at radius 2 is 2.33 bits per heavy atom. The van der Waals surface area contributed by atoms with E-state index < -0.39 is 0 Å². The molecule has 1 heterocycles. The van der Waals surface area contributed by atoms with Crippen molar-refractivity contribution < 1.29 is 9.53 Å². The summed E-state index contributed by atoms with van der Waals surface area (Å²) in [6.07, 6.45) is 4.11. The highest BCUT2D eigenvalue weighted by molar-refractivity contribution is 7.07. The van der Waals surface area contributed by atoms with E-state index in [1.807, 2.05) is 17.0 Å². The van der Waals surface area contributed by atoms with Gasteiger partial charge in [-0.3, -0.25) is 0 Å². The van der Waals surface area contributed by atoms with Gasteiger partial charge in [-0.15, -0.1) is 11.3 Å². The fourth-order valence-corrected chi connectivity index (χ4v) is 3.77. The topological polar surface area (TPSA) is 63.2 Å². The van der Waals surface area contributed by atoms with Crippen molar-refractivity contribution in [1.82, 2.24) is 15.6 Å². The lowest BCUT2D eigenvalue weighted by Gasteiger charge is -2.26. The molecular weight excluding hydrogens is 322 g/mol. The number of thiazole rings is 1. The molecule has 5 nitrogen and oxygen atoms in total. The Kier molecular flexibility index (Phi) is 5.69. The average Bonchev–Trinajstić information content (AvgIpc) is 3.12. The van der Waals surface area contributed by atoms with Crippen molar-refractivity contribution in [3.05, 3.63) is 45.9 Å². The van der Waals surface area contributed by atoms with Gasteiger partial charge in [0.05, 0.1) is 18.3 Å². The highest BCUT2D eigenvalue weighted by Gasteiger charge is 2.21. The first-order valence-corrected chi connectivity index (χ1v) is 9.26. The zero-order valence-corrected chi connectivity index (χ0v) is 14.7. The number of hydrogen-bond acceptors (Lipinski definition) is 4. The van der Waals surface area contributed by atoms with Crippen molar-refractivity contribution in [3.63, 3.8) is 0 Å². The van der Waals surface area contributed by atoms with Crippen molar-refractivity contribution in [2.24, 2.45) is 0 Å². The van der Waals surface area contributed by atoms with Crippen LogP contribution in [-0.4, -0.2) is 31.2 Å². The van der Waals surface area contributed by atoms with Gasteiger partial charge in [-0.1, -0.05) is 6.07 Å². The first kappa shape index (κ1) is 16.8. The Morgan fingerprint density at radius 3 is 3.12 bits per heavy atom. The summed E-state index contributed by atoms with van der Waals surface area (Å²) in [6, 6.07) is 6.16. The number of benzene rings is 1. The second-order valence-electron chi connectivity index (χ2n) is 6.02. The number of aromatic nitrogens is 1. The number of carbonyl (C=O) groups is 1. The molecule has 0 unspecified atom stereocenters. The Balaban J connectivity index is 1.47. The quantitative estimate of drug-likeness (QED) is 0.845. The Labute approximate surface area is 146 Å². The fourth-order valence-electron chi connectivity index (χ4n) is 3.17. The molecule has 1 aliphatic carbocycles. The number of amides is 2. The van der Waals surface area contributed by atoms with Gasteiger partial charge >= 0.3 is 6.03 Å². The Hall–Kier alpha value is -2.08. The Bertz CT molecular complexity index is 673. The van der Waals surface area contributed by atoms with E-state index in [1.54, 1.807) is 18.4 Å². The predicted molar refractivity (Wildman–Crippen MR) is 95.9 cm³/mol. The lowest BCUT2D eigenvalue weighted by atomic mass is 9.82. The minimum absolute atomic E-state index is 0.106. The predicted octanol–water partition coefficient (Wildman–Crippen LogP) is 3.11. The number of hydrogen-bond donors (Lipinski definition) is 2. The van der Waals surface area contributed by atoms with Crippen LogP contribution in [0.15, 0.2) is 29.1 Å². The highest BCUT2D eigenvalue weighted by Crippen LogP contribution is 2.33. The molecule has 0 saturated carbocycles. The first-order chi connectivity index (χ1) is 11.8. The van der Waals surface area contributed by atoms with E-state index in [-0.39, 0.29) is 6.03 Å². The zero-order chi connectivity index (χ0) is 16.8. The van der Waals surface area contributed by atoms with Crippen LogP contribution in [0.4, 0.5) is 4.79 Å². The molecule has 3 rings (SSSR count). The lowest BCUT2D eigenvalue weighted by molar-refractivity contribution is 0.240. The number of rotatable bonds is 6. The molecule has 24 heavy (non-hydrogen) atoms. The standard InChI is InChI=1S/C18H23N3O2S/c1-23-16-5-6-17-13(9-16)3-2-4-14(17)10-20-18(22)19-8-7-15-11-24-12-21-15/h5-6,9,11-12,14H,2-4,7-8,10H2,1H3,(H2,19,20,22)/t14-/m0/s1. The molecular formula is C18H23N3O2S. The molecule has 1 aliphatic rings. The van der Waals surface area contributed by atoms with E-state index in [4.69, 9.17) is 4.74 Å². The molecule has 0 fully saturated rings. The van der Waals surface area contributed by atoms with Crippen LogP contribution >= 0.6 is 11.3 Å². The van der Waals surface area contributed by atoms with Crippen LogP contribution in [0.3, 0.4) is 0 Å². The molecule has 0 aliphatic heterocycles. The van der Waals surface area contributed by atoms with Crippen molar-refractivity contribution in [3.8, 4) is 5.75 Å². The molecule has 2 aromatic rings. The van der Waals surface area contributed by atoms with E-state index in [9.17, 15) is 4.79 Å². The summed E-state index contributed by atoms with van der Waals surface area (Å²) in [5, 5.41) is 7.91. The van der Waals surface area contributed by atoms with Crippen LogP contribution in [0.25, 0.3) is 0 Å². The highest BCUT2D eigenvalue weighted by atomic mass is 32.1. The van der Waals surface area contributed by atoms with Crippen LogP contribution in [0, 0.1) is 0 Å². The zero-order valence-electron chi connectivity index (χ0n) is 13.9. The van der Waals surface area contributed by atoms with Crippen molar-refractivity contribution in [2.75, 3.05) is 20.2 Å². The van der Waals surface area contributed by atoms with Crippen LogP contribution < -0.4 is 15.4 Å². The maximum atomic E-state index is 12.0. The lowest BCUT2D eigenvalue weighted by Crippen LogP contribution is -2.39. The minimum Gasteiger partial charge on any atom is -0.497 e. The molecule has 0 saturated heterocycles. The van der Waals surface area contributed by atoms with Crippen molar-refractivity contribution in [2.45, 2.75) is 31.6 Å². The van der Waals surface area contributed by atoms with Gasteiger partial charge in [0.25, 0.3) is 0 Å². The molecule has 1 aromatic heterocycles. The number of ether oxygens (including phenoxy) is 1. The average molecular weight is 345 g/mol. The normalized spacial score (nSPS) is 16.3. The molecule has 2 amide bonds. The molecule has 128 valence electrons. The number of methoxy groups -OCH3 is 1. The number of nitrogens with one attached hydrogen (secondary N) is 2. The fraction of sp³-hybridized carbons (Fsp3) is 0.444. The maximum Gasteiger partial charge on any atom is 0.314 e. The summed E-state index contributed by atoms with van der Waals surface area (Å²) in [4.78, 5) is 16.2. The largest absolute Gasteiger partial charge is 0.497 e. The SMILES string of the molecule is COc1ccc2c(c1)CCC[C@H]2CNC(=O)NCCc1cscn1. The van der Waals surface area contributed by atoms with Gasteiger partial charge in [-0.2, -0.15) is 0 Å². The third-order valence-electron chi connectivity index (χ3n) is 4.45. The smallest absolute Gasteiger partial charge is 0.314 e. The first-order valence-electron chi connectivity index (χ1n) is 8.32. The van der Waals surface area contributed by atoms with Gasteiger partial charge in [-0.25, -0.2) is 9.78 Å². The van der Waals surface area contributed by atoms with Gasteiger partial charge in [0.1, 0.15) is 5.75 Å². The molecule has 0 spiro atoms. The number of aryl methyl sites for hydroxylation is 1. The van der Waals surface area contributed by atoms with Gasteiger partial charge in [0, 0.05) is 30.8 Å². The second kappa shape index (κ2) is 8.15. The van der Waals surface area contributed by atoms with E-state index in [0.29, 0.717) is 19.0 Å². The van der Waals surface area contributed by atoms with Crippen LogP contribution in [-0.2, 0) is 12.8 Å². The van der Waals surface area contributed by atoms with Crippen molar-refractivity contribution in [1.29, 1.82) is 0 Å². The van der Waals surface area contributed by atoms with Gasteiger partial charge in [-0.05, 0) is 42.5 Å². The van der Waals surface area contributed by atoms with Gasteiger partial charge < -0.3 is 15.4 Å². The second-order valence-corrected chi connectivity index (χ2v) is 6.74. The molecule has 0 bridgehead atoms. The van der Waals surface area contributed by atoms with Gasteiger partial charge in [0.2, 0.25) is 0 Å². The maximum absolute atomic E-state index is 12.0.